The summed E-state index contributed by atoms with van der Waals surface area (Å²) in [6.07, 6.45) is 2.89. The second-order valence-corrected chi connectivity index (χ2v) is 3.60. The van der Waals surface area contributed by atoms with Gasteiger partial charge in [-0.2, -0.15) is 0 Å². The van der Waals surface area contributed by atoms with Crippen molar-refractivity contribution in [2.24, 2.45) is 0 Å². The summed E-state index contributed by atoms with van der Waals surface area (Å²) < 4.78 is 13.4. The van der Waals surface area contributed by atoms with Crippen LogP contribution >= 0.6 is 0 Å². The van der Waals surface area contributed by atoms with Crippen LogP contribution in [-0.2, 0) is 6.42 Å². The molecule has 1 aromatic carbocycles. The maximum absolute atomic E-state index is 13.4. The predicted octanol–water partition coefficient (Wildman–Crippen LogP) is 2.50. The molecule has 2 aromatic rings. The summed E-state index contributed by atoms with van der Waals surface area (Å²) in [5.74, 6) is -0.371. The van der Waals surface area contributed by atoms with E-state index in [-0.39, 0.29) is 5.82 Å². The first-order valence-corrected chi connectivity index (χ1v) is 5.09. The van der Waals surface area contributed by atoms with Crippen LogP contribution in [-0.4, -0.2) is 10.1 Å². The second-order valence-electron chi connectivity index (χ2n) is 3.60. The number of hydrogen-bond donors (Lipinski definition) is 1. The van der Waals surface area contributed by atoms with Gasteiger partial charge in [0.05, 0.1) is 6.10 Å². The van der Waals surface area contributed by atoms with Crippen LogP contribution in [0.2, 0.25) is 0 Å². The van der Waals surface area contributed by atoms with Gasteiger partial charge in [-0.3, -0.25) is 4.98 Å². The molecule has 2 rings (SSSR count). The quantitative estimate of drug-likeness (QED) is 0.856. The molecule has 0 bridgehead atoms. The van der Waals surface area contributed by atoms with Gasteiger partial charge in [0.1, 0.15) is 5.82 Å². The Morgan fingerprint density at radius 2 is 1.81 bits per heavy atom. The zero-order chi connectivity index (χ0) is 11.4. The molecule has 3 heteroatoms. The normalized spacial score (nSPS) is 12.4. The minimum atomic E-state index is -0.816. The number of aliphatic hydroxyl groups is 1. The summed E-state index contributed by atoms with van der Waals surface area (Å²) in [5, 5.41) is 9.89. The summed E-state index contributed by atoms with van der Waals surface area (Å²) in [6.45, 7) is 0. The molecule has 1 atom stereocenters. The summed E-state index contributed by atoms with van der Waals surface area (Å²) in [6, 6.07) is 9.90. The highest BCUT2D eigenvalue weighted by atomic mass is 19.1. The van der Waals surface area contributed by atoms with Crippen molar-refractivity contribution in [2.75, 3.05) is 0 Å². The molecule has 0 saturated heterocycles. The Bertz CT molecular complexity index is 458. The van der Waals surface area contributed by atoms with Crippen LogP contribution < -0.4 is 0 Å². The first kappa shape index (κ1) is 10.8. The number of hydrogen-bond acceptors (Lipinski definition) is 2. The van der Waals surface area contributed by atoms with Crippen molar-refractivity contribution in [3.8, 4) is 0 Å². The zero-order valence-electron chi connectivity index (χ0n) is 8.68. The SMILES string of the molecule is OC(Cc1ccncc1)c1ccccc1F. The third kappa shape index (κ3) is 2.44. The van der Waals surface area contributed by atoms with Gasteiger partial charge < -0.3 is 5.11 Å². The molecule has 16 heavy (non-hydrogen) atoms. The monoisotopic (exact) mass is 217 g/mol. The Hall–Kier alpha value is -1.74. The molecule has 0 radical (unpaired) electrons. The van der Waals surface area contributed by atoms with Crippen LogP contribution in [0.3, 0.4) is 0 Å². The molecule has 0 aliphatic heterocycles. The lowest BCUT2D eigenvalue weighted by atomic mass is 10.0. The van der Waals surface area contributed by atoms with Crippen LogP contribution in [0, 0.1) is 5.82 Å². The van der Waals surface area contributed by atoms with Crippen molar-refractivity contribution in [1.29, 1.82) is 0 Å². The lowest BCUT2D eigenvalue weighted by Crippen LogP contribution is -2.04. The average molecular weight is 217 g/mol. The largest absolute Gasteiger partial charge is 0.388 e. The molecule has 1 N–H and O–H groups in total. The molecule has 0 spiro atoms. The molecule has 0 saturated carbocycles. The van der Waals surface area contributed by atoms with Gasteiger partial charge in [0.2, 0.25) is 0 Å². The highest BCUT2D eigenvalue weighted by molar-refractivity contribution is 5.22. The third-order valence-electron chi connectivity index (χ3n) is 2.44. The highest BCUT2D eigenvalue weighted by Gasteiger charge is 2.12. The van der Waals surface area contributed by atoms with Crippen molar-refractivity contribution in [3.63, 3.8) is 0 Å². The predicted molar refractivity (Wildman–Crippen MR) is 59.3 cm³/mol. The number of halogens is 1. The Morgan fingerprint density at radius 1 is 1.12 bits per heavy atom. The van der Waals surface area contributed by atoms with Gasteiger partial charge in [-0.15, -0.1) is 0 Å². The van der Waals surface area contributed by atoms with E-state index in [0.717, 1.165) is 5.56 Å². The molecule has 1 unspecified atom stereocenters. The number of rotatable bonds is 3. The van der Waals surface area contributed by atoms with Crippen molar-refractivity contribution in [1.82, 2.24) is 4.98 Å². The number of pyridine rings is 1. The highest BCUT2D eigenvalue weighted by Crippen LogP contribution is 2.20. The van der Waals surface area contributed by atoms with Crippen LogP contribution in [0.1, 0.15) is 17.2 Å². The van der Waals surface area contributed by atoms with E-state index in [1.54, 1.807) is 30.6 Å². The van der Waals surface area contributed by atoms with Gasteiger partial charge in [-0.25, -0.2) is 4.39 Å². The molecule has 0 fully saturated rings. The number of aliphatic hydroxyl groups excluding tert-OH is 1. The fraction of sp³-hybridized carbons (Fsp3) is 0.154. The van der Waals surface area contributed by atoms with E-state index in [4.69, 9.17) is 0 Å². The Morgan fingerprint density at radius 3 is 2.50 bits per heavy atom. The molecular weight excluding hydrogens is 205 g/mol. The fourth-order valence-corrected chi connectivity index (χ4v) is 1.60. The molecular formula is C13H12FNO. The third-order valence-corrected chi connectivity index (χ3v) is 2.44. The van der Waals surface area contributed by atoms with Gasteiger partial charge in [0, 0.05) is 24.4 Å². The number of aromatic nitrogens is 1. The standard InChI is InChI=1S/C13H12FNO/c14-12-4-2-1-3-11(12)13(16)9-10-5-7-15-8-6-10/h1-8,13,16H,9H2. The number of benzene rings is 1. The van der Waals surface area contributed by atoms with Gasteiger partial charge in [0.15, 0.2) is 0 Å². The van der Waals surface area contributed by atoms with E-state index in [0.29, 0.717) is 12.0 Å². The molecule has 1 aromatic heterocycles. The lowest BCUT2D eigenvalue weighted by molar-refractivity contribution is 0.173. The Labute approximate surface area is 93.4 Å². The fourth-order valence-electron chi connectivity index (χ4n) is 1.60. The molecule has 2 nitrogen and oxygen atoms in total. The summed E-state index contributed by atoms with van der Waals surface area (Å²) in [7, 11) is 0. The van der Waals surface area contributed by atoms with Gasteiger partial charge >= 0.3 is 0 Å². The average Bonchev–Trinajstić information content (AvgIpc) is 2.31. The van der Waals surface area contributed by atoms with Crippen molar-refractivity contribution in [2.45, 2.75) is 12.5 Å². The maximum Gasteiger partial charge on any atom is 0.129 e. The molecule has 1 heterocycles. The van der Waals surface area contributed by atoms with E-state index >= 15 is 0 Å². The first-order chi connectivity index (χ1) is 7.77. The van der Waals surface area contributed by atoms with Crippen LogP contribution in [0.4, 0.5) is 4.39 Å². The zero-order valence-corrected chi connectivity index (χ0v) is 8.68. The summed E-state index contributed by atoms with van der Waals surface area (Å²) in [4.78, 5) is 3.89. The number of nitrogens with zero attached hydrogens (tertiary/aromatic N) is 1. The first-order valence-electron chi connectivity index (χ1n) is 5.09. The lowest BCUT2D eigenvalue weighted by Gasteiger charge is -2.11. The smallest absolute Gasteiger partial charge is 0.129 e. The van der Waals surface area contributed by atoms with E-state index in [9.17, 15) is 9.50 Å². The van der Waals surface area contributed by atoms with Gasteiger partial charge in [-0.05, 0) is 23.8 Å². The maximum atomic E-state index is 13.4. The van der Waals surface area contributed by atoms with E-state index < -0.39 is 6.10 Å². The van der Waals surface area contributed by atoms with Crippen LogP contribution in [0.15, 0.2) is 48.8 Å². The Kier molecular flexibility index (Phi) is 3.27. The van der Waals surface area contributed by atoms with Gasteiger partial charge in [0.25, 0.3) is 0 Å². The van der Waals surface area contributed by atoms with E-state index in [2.05, 4.69) is 4.98 Å². The Balaban J connectivity index is 2.15. The summed E-state index contributed by atoms with van der Waals surface area (Å²) in [5.41, 5.74) is 1.27. The van der Waals surface area contributed by atoms with Crippen LogP contribution in [0.5, 0.6) is 0 Å². The van der Waals surface area contributed by atoms with E-state index in [1.165, 1.54) is 6.07 Å². The van der Waals surface area contributed by atoms with Crippen LogP contribution in [0.25, 0.3) is 0 Å². The molecule has 0 aliphatic rings. The second kappa shape index (κ2) is 4.86. The summed E-state index contributed by atoms with van der Waals surface area (Å²) >= 11 is 0. The minimum absolute atomic E-state index is 0.333. The topological polar surface area (TPSA) is 33.1 Å². The minimum Gasteiger partial charge on any atom is -0.388 e. The molecule has 0 amide bonds. The van der Waals surface area contributed by atoms with E-state index in [1.807, 2.05) is 12.1 Å². The van der Waals surface area contributed by atoms with Crippen molar-refractivity contribution >= 4 is 0 Å². The van der Waals surface area contributed by atoms with Crippen molar-refractivity contribution in [3.05, 3.63) is 65.7 Å². The molecule has 82 valence electrons. The van der Waals surface area contributed by atoms with Gasteiger partial charge in [-0.1, -0.05) is 18.2 Å². The molecule has 0 aliphatic carbocycles. The van der Waals surface area contributed by atoms with Crippen molar-refractivity contribution < 1.29 is 9.50 Å².